The van der Waals surface area contributed by atoms with E-state index in [4.69, 9.17) is 9.05 Å². The molecule has 0 bridgehead atoms. The number of hydrogen-bond donors (Lipinski definition) is 0. The van der Waals surface area contributed by atoms with Crippen LogP contribution in [0.25, 0.3) is 6.08 Å². The molecule has 0 unspecified atom stereocenters. The minimum Gasteiger partial charge on any atom is -0.306 e. The van der Waals surface area contributed by atoms with E-state index in [1.54, 1.807) is 11.9 Å². The quantitative estimate of drug-likeness (QED) is 0.641. The van der Waals surface area contributed by atoms with Crippen molar-refractivity contribution in [1.82, 2.24) is 0 Å². The van der Waals surface area contributed by atoms with Crippen molar-refractivity contribution < 1.29 is 13.6 Å². The average Bonchev–Trinajstić information content (AvgIpc) is 2.42. The molecule has 0 radical (unpaired) electrons. The first kappa shape index (κ1) is 15.2. The van der Waals surface area contributed by atoms with Gasteiger partial charge in [-0.2, -0.15) is 0 Å². The summed E-state index contributed by atoms with van der Waals surface area (Å²) in [6, 6.07) is 9.70. The van der Waals surface area contributed by atoms with Gasteiger partial charge in [-0.05, 0) is 24.5 Å². The molecule has 3 nitrogen and oxygen atoms in total. The van der Waals surface area contributed by atoms with E-state index in [0.717, 1.165) is 18.4 Å². The smallest absolute Gasteiger partial charge is 0.306 e. The zero-order chi connectivity index (χ0) is 13.3. The first-order valence-electron chi connectivity index (χ1n) is 6.33. The van der Waals surface area contributed by atoms with E-state index in [-0.39, 0.29) is 0 Å². The molecule has 100 valence electrons. The van der Waals surface area contributed by atoms with Gasteiger partial charge in [0.1, 0.15) is 0 Å². The molecule has 1 rings (SSSR count). The van der Waals surface area contributed by atoms with Gasteiger partial charge in [-0.1, -0.05) is 44.2 Å². The number of rotatable bonds is 8. The van der Waals surface area contributed by atoms with Gasteiger partial charge in [0.15, 0.2) is 0 Å². The number of hydrogen-bond acceptors (Lipinski definition) is 3. The highest BCUT2D eigenvalue weighted by Crippen LogP contribution is 2.50. The fourth-order valence-electron chi connectivity index (χ4n) is 1.30. The highest BCUT2D eigenvalue weighted by atomic mass is 31.2. The molecule has 0 fully saturated rings. The zero-order valence-electron chi connectivity index (χ0n) is 11.0. The Balaban J connectivity index is 2.71. The largest absolute Gasteiger partial charge is 0.354 e. The van der Waals surface area contributed by atoms with Crippen LogP contribution in [0.3, 0.4) is 0 Å². The molecular formula is C14H21O3P. The summed E-state index contributed by atoms with van der Waals surface area (Å²) in [6.45, 7) is 4.84. The Morgan fingerprint density at radius 1 is 1.06 bits per heavy atom. The summed E-state index contributed by atoms with van der Waals surface area (Å²) in [5, 5.41) is 0. The van der Waals surface area contributed by atoms with E-state index < -0.39 is 7.60 Å². The highest BCUT2D eigenvalue weighted by Gasteiger charge is 2.19. The van der Waals surface area contributed by atoms with Crippen molar-refractivity contribution in [2.24, 2.45) is 0 Å². The van der Waals surface area contributed by atoms with E-state index in [9.17, 15) is 4.57 Å². The molecule has 0 aromatic heterocycles. The van der Waals surface area contributed by atoms with Crippen LogP contribution in [-0.4, -0.2) is 13.2 Å². The highest BCUT2D eigenvalue weighted by molar-refractivity contribution is 7.57. The monoisotopic (exact) mass is 268 g/mol. The topological polar surface area (TPSA) is 35.5 Å². The van der Waals surface area contributed by atoms with Crippen molar-refractivity contribution in [2.45, 2.75) is 26.7 Å². The fraction of sp³-hybridized carbons (Fsp3) is 0.429. The number of benzene rings is 1. The predicted molar refractivity (Wildman–Crippen MR) is 75.6 cm³/mol. The molecule has 0 spiro atoms. The maximum absolute atomic E-state index is 12.4. The van der Waals surface area contributed by atoms with Gasteiger partial charge in [-0.15, -0.1) is 0 Å². The van der Waals surface area contributed by atoms with E-state index in [2.05, 4.69) is 0 Å². The summed E-state index contributed by atoms with van der Waals surface area (Å²) < 4.78 is 23.1. The fourth-order valence-corrected chi connectivity index (χ4v) is 2.78. The summed E-state index contributed by atoms with van der Waals surface area (Å²) in [5.41, 5.74) is 0.984. The van der Waals surface area contributed by atoms with Crippen LogP contribution >= 0.6 is 7.60 Å². The van der Waals surface area contributed by atoms with Crippen LogP contribution in [0.4, 0.5) is 0 Å². The Bertz CT molecular complexity index is 389. The van der Waals surface area contributed by atoms with Gasteiger partial charge in [-0.3, -0.25) is 4.57 Å². The van der Waals surface area contributed by atoms with Crippen LogP contribution < -0.4 is 0 Å². The molecule has 0 atom stereocenters. The van der Waals surface area contributed by atoms with Crippen LogP contribution in [0, 0.1) is 0 Å². The zero-order valence-corrected chi connectivity index (χ0v) is 11.9. The minimum absolute atomic E-state index is 0.445. The molecule has 1 aromatic carbocycles. The van der Waals surface area contributed by atoms with Crippen LogP contribution in [0.1, 0.15) is 32.3 Å². The Kier molecular flexibility index (Phi) is 6.96. The van der Waals surface area contributed by atoms with Crippen molar-refractivity contribution in [1.29, 1.82) is 0 Å². The molecule has 18 heavy (non-hydrogen) atoms. The molecular weight excluding hydrogens is 247 g/mol. The van der Waals surface area contributed by atoms with Crippen molar-refractivity contribution in [2.75, 3.05) is 13.2 Å². The molecule has 0 aliphatic heterocycles. The normalized spacial score (nSPS) is 12.1. The van der Waals surface area contributed by atoms with E-state index >= 15 is 0 Å². The van der Waals surface area contributed by atoms with Crippen LogP contribution in [0.5, 0.6) is 0 Å². The van der Waals surface area contributed by atoms with E-state index in [1.165, 1.54) is 0 Å². The maximum Gasteiger partial charge on any atom is 0.354 e. The first-order valence-corrected chi connectivity index (χ1v) is 7.94. The van der Waals surface area contributed by atoms with Gasteiger partial charge in [0.2, 0.25) is 0 Å². The molecule has 0 amide bonds. The summed E-state index contributed by atoms with van der Waals surface area (Å²) in [5.74, 6) is 1.55. The molecule has 0 saturated carbocycles. The average molecular weight is 268 g/mol. The third-order valence-electron chi connectivity index (χ3n) is 2.20. The minimum atomic E-state index is -3.10. The lowest BCUT2D eigenvalue weighted by Crippen LogP contribution is -1.96. The Morgan fingerprint density at radius 3 is 2.11 bits per heavy atom. The Morgan fingerprint density at radius 2 is 1.61 bits per heavy atom. The molecule has 0 saturated heterocycles. The van der Waals surface area contributed by atoms with Gasteiger partial charge in [0.25, 0.3) is 0 Å². The second kappa shape index (κ2) is 8.25. The molecule has 0 N–H and O–H groups in total. The van der Waals surface area contributed by atoms with Crippen LogP contribution in [-0.2, 0) is 13.6 Å². The second-order valence-corrected chi connectivity index (χ2v) is 5.83. The summed E-state index contributed by atoms with van der Waals surface area (Å²) >= 11 is 0. The third-order valence-corrected chi connectivity index (χ3v) is 3.80. The van der Waals surface area contributed by atoms with Crippen molar-refractivity contribution >= 4 is 13.7 Å². The van der Waals surface area contributed by atoms with Crippen LogP contribution in [0.2, 0.25) is 0 Å². The lowest BCUT2D eigenvalue weighted by atomic mass is 10.2. The SMILES string of the molecule is CCCOP(=O)(C=Cc1ccccc1)OCCC. The van der Waals surface area contributed by atoms with Gasteiger partial charge in [0.05, 0.1) is 13.2 Å². The lowest BCUT2D eigenvalue weighted by molar-refractivity contribution is 0.213. The maximum atomic E-state index is 12.4. The van der Waals surface area contributed by atoms with Gasteiger partial charge in [0, 0.05) is 5.82 Å². The summed E-state index contributed by atoms with van der Waals surface area (Å²) in [6.07, 6.45) is 3.42. The van der Waals surface area contributed by atoms with E-state index in [0.29, 0.717) is 13.2 Å². The molecule has 0 aliphatic carbocycles. The predicted octanol–water partition coefficient (Wildman–Crippen LogP) is 4.70. The molecule has 0 heterocycles. The van der Waals surface area contributed by atoms with E-state index in [1.807, 2.05) is 44.2 Å². The summed E-state index contributed by atoms with van der Waals surface area (Å²) in [7, 11) is -3.10. The third kappa shape index (κ3) is 5.63. The van der Waals surface area contributed by atoms with Gasteiger partial charge < -0.3 is 9.05 Å². The second-order valence-electron chi connectivity index (χ2n) is 3.93. The van der Waals surface area contributed by atoms with Crippen molar-refractivity contribution in [3.63, 3.8) is 0 Å². The van der Waals surface area contributed by atoms with Crippen LogP contribution in [0.15, 0.2) is 36.1 Å². The lowest BCUT2D eigenvalue weighted by Gasteiger charge is -2.14. The first-order chi connectivity index (χ1) is 8.70. The standard InChI is InChI=1S/C14H21O3P/c1-3-11-16-18(15,17-12-4-2)13-10-14-8-6-5-7-9-14/h5-10,13H,3-4,11-12H2,1-2H3. The molecule has 4 heteroatoms. The molecule has 1 aromatic rings. The summed E-state index contributed by atoms with van der Waals surface area (Å²) in [4.78, 5) is 0. The van der Waals surface area contributed by atoms with Crippen molar-refractivity contribution in [3.05, 3.63) is 41.7 Å². The van der Waals surface area contributed by atoms with Gasteiger partial charge >= 0.3 is 7.60 Å². The Hall–Kier alpha value is -0.890. The molecule has 0 aliphatic rings. The van der Waals surface area contributed by atoms with Gasteiger partial charge in [-0.25, -0.2) is 0 Å². The Labute approximate surface area is 109 Å². The van der Waals surface area contributed by atoms with Crippen molar-refractivity contribution in [3.8, 4) is 0 Å².